The third-order valence-corrected chi connectivity index (χ3v) is 2.72. The zero-order chi connectivity index (χ0) is 11.7. The topological polar surface area (TPSA) is 86.2 Å². The average Bonchev–Trinajstić information content (AvgIpc) is 2.24. The van der Waals surface area contributed by atoms with Crippen molar-refractivity contribution in [1.82, 2.24) is 0 Å². The minimum atomic E-state index is -1.03. The lowest BCUT2D eigenvalue weighted by Gasteiger charge is -2.28. The van der Waals surface area contributed by atoms with Gasteiger partial charge in [-0.05, 0) is 6.42 Å². The predicted octanol–water partition coefficient (Wildman–Crippen LogP) is 0.770. The maximum Gasteiger partial charge on any atom is 0.141 e. The van der Waals surface area contributed by atoms with E-state index in [0.29, 0.717) is 19.0 Å². The number of aldehydes is 2. The molecule has 0 spiro atoms. The largest absolute Gasteiger partial charge is 0.325 e. The highest BCUT2D eigenvalue weighted by molar-refractivity contribution is 5.67. The van der Waals surface area contributed by atoms with Crippen LogP contribution in [0, 0.1) is 0 Å². The first-order valence-electron chi connectivity index (χ1n) is 5.55. The van der Waals surface area contributed by atoms with Gasteiger partial charge >= 0.3 is 0 Å². The third kappa shape index (κ3) is 5.04. The summed E-state index contributed by atoms with van der Waals surface area (Å²) in [6.07, 6.45) is 6.31. The van der Waals surface area contributed by atoms with Crippen molar-refractivity contribution in [2.75, 3.05) is 0 Å². The SMILES string of the molecule is CCCCCCC(N)(C=O)C(N)CC=O. The Labute approximate surface area is 91.4 Å². The zero-order valence-electron chi connectivity index (χ0n) is 9.45. The monoisotopic (exact) mass is 214 g/mol. The molecular formula is C11H22N2O2. The summed E-state index contributed by atoms with van der Waals surface area (Å²) in [6.45, 7) is 2.12. The molecule has 4 N–H and O–H groups in total. The normalized spacial score (nSPS) is 16.7. The van der Waals surface area contributed by atoms with E-state index in [9.17, 15) is 9.59 Å². The Hall–Kier alpha value is -0.740. The van der Waals surface area contributed by atoms with E-state index in [1.807, 2.05) is 0 Å². The van der Waals surface area contributed by atoms with Crippen molar-refractivity contribution in [2.45, 2.75) is 57.0 Å². The highest BCUT2D eigenvalue weighted by atomic mass is 16.1. The summed E-state index contributed by atoms with van der Waals surface area (Å²) in [4.78, 5) is 21.2. The first-order valence-corrected chi connectivity index (χ1v) is 5.55. The van der Waals surface area contributed by atoms with Crippen LogP contribution in [-0.4, -0.2) is 24.2 Å². The van der Waals surface area contributed by atoms with Crippen LogP contribution in [-0.2, 0) is 9.59 Å². The van der Waals surface area contributed by atoms with E-state index in [1.54, 1.807) is 0 Å². The van der Waals surface area contributed by atoms with Gasteiger partial charge in [0.15, 0.2) is 0 Å². The third-order valence-electron chi connectivity index (χ3n) is 2.72. The highest BCUT2D eigenvalue weighted by Crippen LogP contribution is 2.15. The Morgan fingerprint density at radius 1 is 1.27 bits per heavy atom. The van der Waals surface area contributed by atoms with Crippen LogP contribution in [0.15, 0.2) is 0 Å². The lowest BCUT2D eigenvalue weighted by molar-refractivity contribution is -0.114. The molecule has 0 rings (SSSR count). The molecule has 4 heteroatoms. The van der Waals surface area contributed by atoms with Crippen molar-refractivity contribution in [1.29, 1.82) is 0 Å². The number of hydrogen-bond acceptors (Lipinski definition) is 4. The molecule has 2 atom stereocenters. The number of carbonyl (C=O) groups is 2. The van der Waals surface area contributed by atoms with Gasteiger partial charge in [-0.3, -0.25) is 0 Å². The molecule has 0 aromatic carbocycles. The van der Waals surface area contributed by atoms with Gasteiger partial charge in [-0.1, -0.05) is 32.6 Å². The fourth-order valence-electron chi connectivity index (χ4n) is 1.51. The molecule has 0 heterocycles. The molecule has 0 amide bonds. The van der Waals surface area contributed by atoms with E-state index < -0.39 is 11.6 Å². The van der Waals surface area contributed by atoms with E-state index in [1.165, 1.54) is 0 Å². The number of nitrogens with two attached hydrogens (primary N) is 2. The van der Waals surface area contributed by atoms with Crippen molar-refractivity contribution in [3.63, 3.8) is 0 Å². The molecule has 0 aromatic rings. The van der Waals surface area contributed by atoms with Gasteiger partial charge in [-0.25, -0.2) is 0 Å². The number of carbonyl (C=O) groups excluding carboxylic acids is 2. The van der Waals surface area contributed by atoms with Gasteiger partial charge < -0.3 is 21.1 Å². The number of unbranched alkanes of at least 4 members (excludes halogenated alkanes) is 3. The number of hydrogen-bond donors (Lipinski definition) is 2. The van der Waals surface area contributed by atoms with E-state index in [0.717, 1.165) is 25.7 Å². The smallest absolute Gasteiger partial charge is 0.141 e. The van der Waals surface area contributed by atoms with Crippen molar-refractivity contribution >= 4 is 12.6 Å². The van der Waals surface area contributed by atoms with Gasteiger partial charge in [0.2, 0.25) is 0 Å². The summed E-state index contributed by atoms with van der Waals surface area (Å²) in [5.74, 6) is 0. The fourth-order valence-corrected chi connectivity index (χ4v) is 1.51. The summed E-state index contributed by atoms with van der Waals surface area (Å²) in [5.41, 5.74) is 10.5. The Morgan fingerprint density at radius 2 is 1.93 bits per heavy atom. The lowest BCUT2D eigenvalue weighted by Crippen LogP contribution is -2.56. The van der Waals surface area contributed by atoms with Crippen LogP contribution in [0.3, 0.4) is 0 Å². The van der Waals surface area contributed by atoms with Crippen molar-refractivity contribution in [3.8, 4) is 0 Å². The molecule has 0 saturated carbocycles. The molecular weight excluding hydrogens is 192 g/mol. The molecule has 2 unspecified atom stereocenters. The van der Waals surface area contributed by atoms with Gasteiger partial charge in [0, 0.05) is 12.5 Å². The van der Waals surface area contributed by atoms with Gasteiger partial charge in [0.05, 0.1) is 5.54 Å². The zero-order valence-corrected chi connectivity index (χ0v) is 9.45. The Morgan fingerprint density at radius 3 is 2.40 bits per heavy atom. The van der Waals surface area contributed by atoms with Crippen LogP contribution >= 0.6 is 0 Å². The second-order valence-corrected chi connectivity index (χ2v) is 4.05. The molecule has 0 aromatic heterocycles. The van der Waals surface area contributed by atoms with Crippen LogP contribution in [0.25, 0.3) is 0 Å². The lowest BCUT2D eigenvalue weighted by atomic mass is 9.86. The molecule has 4 nitrogen and oxygen atoms in total. The summed E-state index contributed by atoms with van der Waals surface area (Å²) >= 11 is 0. The molecule has 0 bridgehead atoms. The minimum Gasteiger partial charge on any atom is -0.325 e. The first kappa shape index (κ1) is 14.3. The molecule has 0 saturated heterocycles. The van der Waals surface area contributed by atoms with E-state index in [-0.39, 0.29) is 6.42 Å². The van der Waals surface area contributed by atoms with E-state index in [2.05, 4.69) is 6.92 Å². The average molecular weight is 214 g/mol. The van der Waals surface area contributed by atoms with Crippen LogP contribution in [0.2, 0.25) is 0 Å². The molecule has 0 aliphatic rings. The summed E-state index contributed by atoms with van der Waals surface area (Å²) in [5, 5.41) is 0. The van der Waals surface area contributed by atoms with Gasteiger partial charge in [-0.15, -0.1) is 0 Å². The maximum absolute atomic E-state index is 10.9. The van der Waals surface area contributed by atoms with Crippen molar-refractivity contribution < 1.29 is 9.59 Å². The second-order valence-electron chi connectivity index (χ2n) is 4.05. The molecule has 88 valence electrons. The van der Waals surface area contributed by atoms with Crippen molar-refractivity contribution in [3.05, 3.63) is 0 Å². The second kappa shape index (κ2) is 7.54. The molecule has 0 radical (unpaired) electrons. The van der Waals surface area contributed by atoms with Crippen LogP contribution in [0.4, 0.5) is 0 Å². The fraction of sp³-hybridized carbons (Fsp3) is 0.818. The minimum absolute atomic E-state index is 0.142. The predicted molar refractivity (Wildman–Crippen MR) is 60.4 cm³/mol. The Bertz CT molecular complexity index is 197. The summed E-state index contributed by atoms with van der Waals surface area (Å²) < 4.78 is 0. The molecule has 0 aliphatic carbocycles. The summed E-state index contributed by atoms with van der Waals surface area (Å²) in [7, 11) is 0. The molecule has 0 aliphatic heterocycles. The van der Waals surface area contributed by atoms with Crippen LogP contribution < -0.4 is 11.5 Å². The molecule has 15 heavy (non-hydrogen) atoms. The number of rotatable bonds is 9. The van der Waals surface area contributed by atoms with Gasteiger partial charge in [-0.2, -0.15) is 0 Å². The maximum atomic E-state index is 10.9. The standard InChI is InChI=1S/C11H22N2O2/c1-2-3-4-5-7-11(13,9-15)10(12)6-8-14/h8-10H,2-7,12-13H2,1H3. The van der Waals surface area contributed by atoms with Crippen molar-refractivity contribution in [2.24, 2.45) is 11.5 Å². The quantitative estimate of drug-likeness (QED) is 0.438. The van der Waals surface area contributed by atoms with E-state index >= 15 is 0 Å². The van der Waals surface area contributed by atoms with Gasteiger partial charge in [0.25, 0.3) is 0 Å². The van der Waals surface area contributed by atoms with Crippen LogP contribution in [0.1, 0.15) is 45.4 Å². The highest BCUT2D eigenvalue weighted by Gasteiger charge is 2.31. The Kier molecular flexibility index (Phi) is 7.17. The van der Waals surface area contributed by atoms with Crippen LogP contribution in [0.5, 0.6) is 0 Å². The first-order chi connectivity index (χ1) is 7.10. The summed E-state index contributed by atoms with van der Waals surface area (Å²) in [6, 6.07) is -0.561. The Balaban J connectivity index is 4.05. The molecule has 0 fully saturated rings. The van der Waals surface area contributed by atoms with Gasteiger partial charge in [0.1, 0.15) is 12.6 Å². The van der Waals surface area contributed by atoms with E-state index in [4.69, 9.17) is 11.5 Å².